The Morgan fingerprint density at radius 1 is 0.950 bits per heavy atom. The van der Waals surface area contributed by atoms with Gasteiger partial charge in [-0.3, -0.25) is 9.59 Å². The van der Waals surface area contributed by atoms with E-state index >= 15 is 0 Å². The third-order valence-corrected chi connectivity index (χ3v) is 4.45. The summed E-state index contributed by atoms with van der Waals surface area (Å²) >= 11 is 2.22. The molecule has 0 bridgehead atoms. The van der Waals surface area contributed by atoms with Gasteiger partial charge in [-0.2, -0.15) is 0 Å². The Labute approximate surface area is 130 Å². The largest absolute Gasteiger partial charge is 0.377 e. The van der Waals surface area contributed by atoms with Crippen molar-refractivity contribution in [1.82, 2.24) is 0 Å². The summed E-state index contributed by atoms with van der Waals surface area (Å²) in [4.78, 5) is 23.4. The van der Waals surface area contributed by atoms with E-state index in [2.05, 4.69) is 33.2 Å². The summed E-state index contributed by atoms with van der Waals surface area (Å²) in [6, 6.07) is 8.04. The molecule has 1 aliphatic carbocycles. The van der Waals surface area contributed by atoms with Crippen LogP contribution in [0.5, 0.6) is 0 Å². The Kier molecular flexibility index (Phi) is 3.78. The topological polar surface area (TPSA) is 58.2 Å². The Morgan fingerprint density at radius 2 is 1.55 bits per heavy atom. The minimum atomic E-state index is -0.427. The van der Waals surface area contributed by atoms with E-state index in [-0.39, 0.29) is 0 Å². The molecule has 0 amide bonds. The van der Waals surface area contributed by atoms with E-state index in [1.54, 1.807) is 0 Å². The van der Waals surface area contributed by atoms with E-state index in [9.17, 15) is 9.59 Å². The zero-order chi connectivity index (χ0) is 14.1. The van der Waals surface area contributed by atoms with Crippen molar-refractivity contribution in [1.29, 1.82) is 0 Å². The molecule has 0 atom stereocenters. The summed E-state index contributed by atoms with van der Waals surface area (Å²) in [5.41, 5.74) is 0.865. The maximum atomic E-state index is 11.7. The van der Waals surface area contributed by atoms with E-state index in [0.717, 1.165) is 22.1 Å². The first kappa shape index (κ1) is 13.6. The van der Waals surface area contributed by atoms with Crippen LogP contribution in [0.15, 0.2) is 33.9 Å². The van der Waals surface area contributed by atoms with Gasteiger partial charge in [-0.05, 0) is 59.7 Å². The Balaban J connectivity index is 1.79. The molecule has 3 rings (SSSR count). The van der Waals surface area contributed by atoms with E-state index in [1.165, 1.54) is 12.8 Å². The maximum absolute atomic E-state index is 11.7. The zero-order valence-corrected chi connectivity index (χ0v) is 13.1. The molecule has 0 heterocycles. The molecule has 0 radical (unpaired) electrons. The smallest absolute Gasteiger partial charge is 0.253 e. The van der Waals surface area contributed by atoms with Gasteiger partial charge in [-0.15, -0.1) is 0 Å². The van der Waals surface area contributed by atoms with Gasteiger partial charge in [-0.1, -0.05) is 12.8 Å². The van der Waals surface area contributed by atoms with Crippen LogP contribution in [0, 0.1) is 3.57 Å². The first-order valence-corrected chi connectivity index (χ1v) is 7.85. The standard InChI is InChI=1S/C15H15IN2O2/c16-9-5-7-11(8-6-9)18-13-12(14(19)15(13)20)17-10-3-1-2-4-10/h5-8,10,17-18H,1-4H2. The fraction of sp³-hybridized carbons (Fsp3) is 0.333. The van der Waals surface area contributed by atoms with Gasteiger partial charge in [0.05, 0.1) is 0 Å². The first-order valence-electron chi connectivity index (χ1n) is 6.77. The molecule has 1 fully saturated rings. The van der Waals surface area contributed by atoms with Gasteiger partial charge in [-0.25, -0.2) is 0 Å². The van der Waals surface area contributed by atoms with Gasteiger partial charge >= 0.3 is 0 Å². The highest BCUT2D eigenvalue weighted by Crippen LogP contribution is 2.26. The van der Waals surface area contributed by atoms with E-state index in [0.29, 0.717) is 17.4 Å². The molecular weight excluding hydrogens is 367 g/mol. The summed E-state index contributed by atoms with van der Waals surface area (Å²) in [6.45, 7) is 0. The monoisotopic (exact) mass is 382 g/mol. The fourth-order valence-electron chi connectivity index (χ4n) is 2.60. The Morgan fingerprint density at radius 3 is 2.20 bits per heavy atom. The fourth-order valence-corrected chi connectivity index (χ4v) is 2.96. The van der Waals surface area contributed by atoms with Gasteiger partial charge in [0, 0.05) is 15.3 Å². The molecule has 104 valence electrons. The maximum Gasteiger partial charge on any atom is 0.253 e. The van der Waals surface area contributed by atoms with Crippen molar-refractivity contribution < 1.29 is 0 Å². The number of hydrogen-bond acceptors (Lipinski definition) is 4. The van der Waals surface area contributed by atoms with Gasteiger partial charge in [0.1, 0.15) is 11.4 Å². The number of benzene rings is 1. The molecule has 20 heavy (non-hydrogen) atoms. The predicted octanol–water partition coefficient (Wildman–Crippen LogP) is 2.99. The summed E-state index contributed by atoms with van der Waals surface area (Å²) in [5, 5.41) is 6.28. The second-order valence-corrected chi connectivity index (χ2v) is 6.41. The molecule has 0 spiro atoms. The SMILES string of the molecule is O=c1c(Nc2ccc(I)cc2)c(NC2CCCC2)c1=O. The van der Waals surface area contributed by atoms with E-state index in [1.807, 2.05) is 24.3 Å². The average molecular weight is 382 g/mol. The number of anilines is 3. The van der Waals surface area contributed by atoms with Gasteiger partial charge in [0.15, 0.2) is 0 Å². The minimum Gasteiger partial charge on any atom is -0.377 e. The minimum absolute atomic E-state index is 0.329. The molecule has 5 heteroatoms. The van der Waals surface area contributed by atoms with Gasteiger partial charge in [0.2, 0.25) is 0 Å². The Bertz CT molecular complexity index is 681. The number of halogens is 1. The highest BCUT2D eigenvalue weighted by Gasteiger charge is 2.24. The van der Waals surface area contributed by atoms with Gasteiger partial charge in [0.25, 0.3) is 10.9 Å². The van der Waals surface area contributed by atoms with Crippen LogP contribution in [-0.2, 0) is 0 Å². The van der Waals surface area contributed by atoms with Crippen molar-refractivity contribution in [2.24, 2.45) is 0 Å². The van der Waals surface area contributed by atoms with Crippen LogP contribution in [0.25, 0.3) is 0 Å². The molecule has 2 aromatic rings. The predicted molar refractivity (Wildman–Crippen MR) is 89.7 cm³/mol. The summed E-state index contributed by atoms with van der Waals surface area (Å²) in [5.74, 6) is 0. The van der Waals surface area contributed by atoms with Crippen molar-refractivity contribution in [2.75, 3.05) is 10.6 Å². The average Bonchev–Trinajstić information content (AvgIpc) is 2.97. The van der Waals surface area contributed by atoms with Crippen molar-refractivity contribution in [3.63, 3.8) is 0 Å². The Hall–Kier alpha value is -1.37. The highest BCUT2D eigenvalue weighted by molar-refractivity contribution is 14.1. The molecule has 4 nitrogen and oxygen atoms in total. The van der Waals surface area contributed by atoms with Crippen LogP contribution in [0.2, 0.25) is 0 Å². The first-order chi connectivity index (χ1) is 9.65. The second kappa shape index (κ2) is 5.55. The normalized spacial score (nSPS) is 15.7. The summed E-state index contributed by atoms with van der Waals surface area (Å²) in [6.07, 6.45) is 4.52. The molecule has 0 unspecified atom stereocenters. The highest BCUT2D eigenvalue weighted by atomic mass is 127. The van der Waals surface area contributed by atoms with E-state index < -0.39 is 10.9 Å². The lowest BCUT2D eigenvalue weighted by Crippen LogP contribution is -2.38. The lowest BCUT2D eigenvalue weighted by Gasteiger charge is -2.18. The van der Waals surface area contributed by atoms with Crippen LogP contribution in [0.3, 0.4) is 0 Å². The van der Waals surface area contributed by atoms with E-state index in [4.69, 9.17) is 0 Å². The molecule has 2 N–H and O–H groups in total. The molecule has 0 aliphatic heterocycles. The van der Waals surface area contributed by atoms with Crippen molar-refractivity contribution >= 4 is 39.7 Å². The van der Waals surface area contributed by atoms with Crippen LogP contribution < -0.4 is 21.5 Å². The second-order valence-electron chi connectivity index (χ2n) is 5.17. The quantitative estimate of drug-likeness (QED) is 0.631. The van der Waals surface area contributed by atoms with Gasteiger partial charge < -0.3 is 10.6 Å². The zero-order valence-electron chi connectivity index (χ0n) is 10.9. The van der Waals surface area contributed by atoms with Crippen LogP contribution in [0.1, 0.15) is 25.7 Å². The molecule has 0 saturated heterocycles. The third-order valence-electron chi connectivity index (χ3n) is 3.73. The van der Waals surface area contributed by atoms with Crippen LogP contribution in [0.4, 0.5) is 17.1 Å². The number of hydrogen-bond donors (Lipinski definition) is 2. The lowest BCUT2D eigenvalue weighted by molar-refractivity contribution is 0.753. The molecule has 1 aliphatic rings. The summed E-state index contributed by atoms with van der Waals surface area (Å²) in [7, 11) is 0. The van der Waals surface area contributed by atoms with Crippen molar-refractivity contribution in [3.8, 4) is 0 Å². The third kappa shape index (κ3) is 2.59. The summed E-state index contributed by atoms with van der Waals surface area (Å²) < 4.78 is 1.13. The lowest BCUT2D eigenvalue weighted by atomic mass is 10.1. The van der Waals surface area contributed by atoms with Crippen LogP contribution >= 0.6 is 22.6 Å². The van der Waals surface area contributed by atoms with Crippen molar-refractivity contribution in [3.05, 3.63) is 48.3 Å². The van der Waals surface area contributed by atoms with Crippen LogP contribution in [-0.4, -0.2) is 6.04 Å². The molecular formula is C15H15IN2O2. The van der Waals surface area contributed by atoms with Crippen molar-refractivity contribution in [2.45, 2.75) is 31.7 Å². The molecule has 2 aromatic carbocycles. The molecule has 1 saturated carbocycles. The molecule has 0 aromatic heterocycles. The number of nitrogens with one attached hydrogen (secondary N) is 2. The number of rotatable bonds is 4.